The summed E-state index contributed by atoms with van der Waals surface area (Å²) >= 11 is 0. The summed E-state index contributed by atoms with van der Waals surface area (Å²) in [5, 5.41) is 2.89. The van der Waals surface area contributed by atoms with E-state index in [9.17, 15) is 18.0 Å². The highest BCUT2D eigenvalue weighted by Crippen LogP contribution is 2.25. The summed E-state index contributed by atoms with van der Waals surface area (Å²) in [6, 6.07) is 21.7. The number of methoxy groups -OCH3 is 1. The number of hydrogen-bond donors (Lipinski definition) is 1. The lowest BCUT2D eigenvalue weighted by Gasteiger charge is -2.33. The number of amides is 2. The fourth-order valence-electron chi connectivity index (χ4n) is 4.36. The van der Waals surface area contributed by atoms with Crippen LogP contribution in [-0.2, 0) is 32.6 Å². The summed E-state index contributed by atoms with van der Waals surface area (Å²) in [5.41, 5.74) is 2.22. The van der Waals surface area contributed by atoms with E-state index < -0.39 is 28.5 Å². The second-order valence-electron chi connectivity index (χ2n) is 9.43. The molecule has 0 bridgehead atoms. The molecule has 40 heavy (non-hydrogen) atoms. The van der Waals surface area contributed by atoms with Gasteiger partial charge < -0.3 is 15.0 Å². The van der Waals surface area contributed by atoms with E-state index in [0.29, 0.717) is 24.4 Å². The molecule has 0 aliphatic heterocycles. The normalized spacial score (nSPS) is 11.9. The van der Waals surface area contributed by atoms with Crippen molar-refractivity contribution in [3.05, 3.63) is 90.0 Å². The Morgan fingerprint density at radius 1 is 0.875 bits per heavy atom. The van der Waals surface area contributed by atoms with Crippen LogP contribution < -0.4 is 14.4 Å². The molecule has 1 N–H and O–H groups in total. The molecule has 0 heterocycles. The molecule has 9 heteroatoms. The number of aryl methyl sites for hydroxylation is 1. The van der Waals surface area contributed by atoms with Crippen LogP contribution in [0.5, 0.6) is 5.75 Å². The third kappa shape index (κ3) is 7.63. The Morgan fingerprint density at radius 3 is 2.05 bits per heavy atom. The molecule has 0 radical (unpaired) electrons. The first-order valence-electron chi connectivity index (χ1n) is 13.6. The van der Waals surface area contributed by atoms with Gasteiger partial charge in [-0.05, 0) is 66.8 Å². The smallest absolute Gasteiger partial charge is 0.264 e. The van der Waals surface area contributed by atoms with Crippen LogP contribution in [0, 0.1) is 0 Å². The molecule has 8 nitrogen and oxygen atoms in total. The number of carbonyl (C=O) groups is 2. The van der Waals surface area contributed by atoms with Crippen molar-refractivity contribution in [1.29, 1.82) is 0 Å². The molecule has 0 aromatic heterocycles. The largest absolute Gasteiger partial charge is 0.497 e. The maximum Gasteiger partial charge on any atom is 0.264 e. The summed E-state index contributed by atoms with van der Waals surface area (Å²) in [6.45, 7) is 5.97. The quantitative estimate of drug-likeness (QED) is 0.303. The molecule has 0 aliphatic carbocycles. The predicted molar refractivity (Wildman–Crippen MR) is 158 cm³/mol. The summed E-state index contributed by atoms with van der Waals surface area (Å²) in [6.07, 6.45) is 1.92. The molecule has 214 valence electrons. The second kappa shape index (κ2) is 14.5. The summed E-state index contributed by atoms with van der Waals surface area (Å²) in [7, 11) is -2.51. The highest BCUT2D eigenvalue weighted by molar-refractivity contribution is 7.92. The monoisotopic (exact) mass is 565 g/mol. The van der Waals surface area contributed by atoms with Gasteiger partial charge in [-0.2, -0.15) is 0 Å². The molecule has 0 saturated heterocycles. The lowest BCUT2D eigenvalue weighted by atomic mass is 10.1. The van der Waals surface area contributed by atoms with Crippen molar-refractivity contribution in [2.45, 2.75) is 57.5 Å². The number of nitrogens with one attached hydrogen (secondary N) is 1. The lowest BCUT2D eigenvalue weighted by Crippen LogP contribution is -2.52. The Bertz CT molecular complexity index is 1340. The molecular weight excluding hydrogens is 526 g/mol. The number of hydrogen-bond acceptors (Lipinski definition) is 5. The average molecular weight is 566 g/mol. The molecule has 3 rings (SSSR count). The Labute approximate surface area is 238 Å². The highest BCUT2D eigenvalue weighted by atomic mass is 32.2. The molecule has 2 amide bonds. The van der Waals surface area contributed by atoms with Crippen molar-refractivity contribution in [2.75, 3.05) is 24.5 Å². The van der Waals surface area contributed by atoms with Crippen LogP contribution in [0.2, 0.25) is 0 Å². The van der Waals surface area contributed by atoms with Crippen LogP contribution in [0.25, 0.3) is 0 Å². The molecule has 0 spiro atoms. The van der Waals surface area contributed by atoms with Crippen molar-refractivity contribution >= 4 is 27.5 Å². The number of nitrogens with zero attached hydrogens (tertiary/aromatic N) is 2. The minimum atomic E-state index is -4.08. The third-order valence-corrected chi connectivity index (χ3v) is 8.48. The lowest BCUT2D eigenvalue weighted by molar-refractivity contribution is -0.140. The Kier molecular flexibility index (Phi) is 11.1. The van der Waals surface area contributed by atoms with E-state index in [1.54, 1.807) is 49.6 Å². The second-order valence-corrected chi connectivity index (χ2v) is 11.3. The summed E-state index contributed by atoms with van der Waals surface area (Å²) in [4.78, 5) is 28.8. The standard InChI is InChI=1S/C31H39N3O5S/c1-5-21-32-31(36)29(7-3)33(22-25-15-19-27(39-4)20-16-25)30(35)23-34(26-17-13-24(6-2)14-18-26)40(37,38)28-11-9-8-10-12-28/h8-20,29H,5-7,21-23H2,1-4H3,(H,32,36)/t29-/m1/s1. The molecule has 0 saturated carbocycles. The van der Waals surface area contributed by atoms with E-state index >= 15 is 0 Å². The van der Waals surface area contributed by atoms with Gasteiger partial charge in [0.1, 0.15) is 18.3 Å². The van der Waals surface area contributed by atoms with E-state index in [4.69, 9.17) is 4.74 Å². The Morgan fingerprint density at radius 2 is 1.50 bits per heavy atom. The van der Waals surface area contributed by atoms with E-state index in [0.717, 1.165) is 28.3 Å². The van der Waals surface area contributed by atoms with Crippen LogP contribution in [0.4, 0.5) is 5.69 Å². The molecule has 1 atom stereocenters. The van der Waals surface area contributed by atoms with Gasteiger partial charge in [-0.15, -0.1) is 0 Å². The minimum Gasteiger partial charge on any atom is -0.497 e. The SMILES string of the molecule is CCCNC(=O)[C@@H](CC)N(Cc1ccc(OC)cc1)C(=O)CN(c1ccc(CC)cc1)S(=O)(=O)c1ccccc1. The number of rotatable bonds is 14. The molecule has 3 aromatic rings. The fourth-order valence-corrected chi connectivity index (χ4v) is 5.79. The van der Waals surface area contributed by atoms with E-state index in [-0.39, 0.29) is 17.3 Å². The van der Waals surface area contributed by atoms with Gasteiger partial charge in [0, 0.05) is 13.1 Å². The molecule has 0 aliphatic rings. The molecule has 0 unspecified atom stereocenters. The van der Waals surface area contributed by atoms with Crippen LogP contribution in [0.3, 0.4) is 0 Å². The van der Waals surface area contributed by atoms with E-state index in [1.165, 1.54) is 17.0 Å². The zero-order valence-corrected chi connectivity index (χ0v) is 24.5. The van der Waals surface area contributed by atoms with Crippen molar-refractivity contribution in [2.24, 2.45) is 0 Å². The van der Waals surface area contributed by atoms with Crippen molar-refractivity contribution < 1.29 is 22.7 Å². The van der Waals surface area contributed by atoms with Gasteiger partial charge in [0.15, 0.2) is 0 Å². The number of benzene rings is 3. The molecule has 0 fully saturated rings. The topological polar surface area (TPSA) is 96.0 Å². The van der Waals surface area contributed by atoms with Gasteiger partial charge in [0.2, 0.25) is 11.8 Å². The van der Waals surface area contributed by atoms with Crippen LogP contribution in [0.1, 0.15) is 44.7 Å². The Hall–Kier alpha value is -3.85. The van der Waals surface area contributed by atoms with Crippen molar-refractivity contribution in [3.63, 3.8) is 0 Å². The van der Waals surface area contributed by atoms with E-state index in [2.05, 4.69) is 5.32 Å². The number of sulfonamides is 1. The number of anilines is 1. The third-order valence-electron chi connectivity index (χ3n) is 6.69. The maximum absolute atomic E-state index is 14.0. The van der Waals surface area contributed by atoms with Crippen LogP contribution in [0.15, 0.2) is 83.8 Å². The number of carbonyl (C=O) groups excluding carboxylic acids is 2. The first-order valence-corrected chi connectivity index (χ1v) is 15.1. The number of ether oxygens (including phenoxy) is 1. The summed E-state index contributed by atoms with van der Waals surface area (Å²) < 4.78 is 34.1. The fraction of sp³-hybridized carbons (Fsp3) is 0.355. The van der Waals surface area contributed by atoms with Gasteiger partial charge in [0.05, 0.1) is 17.7 Å². The molecular formula is C31H39N3O5S. The first-order chi connectivity index (χ1) is 19.2. The van der Waals surface area contributed by atoms with Crippen molar-refractivity contribution in [1.82, 2.24) is 10.2 Å². The zero-order chi connectivity index (χ0) is 29.1. The van der Waals surface area contributed by atoms with Gasteiger partial charge in [-0.1, -0.05) is 63.2 Å². The van der Waals surface area contributed by atoms with Gasteiger partial charge >= 0.3 is 0 Å². The zero-order valence-electron chi connectivity index (χ0n) is 23.7. The van der Waals surface area contributed by atoms with Crippen LogP contribution in [-0.4, -0.2) is 51.4 Å². The van der Waals surface area contributed by atoms with Crippen molar-refractivity contribution in [3.8, 4) is 5.75 Å². The van der Waals surface area contributed by atoms with Gasteiger partial charge in [0.25, 0.3) is 10.0 Å². The highest BCUT2D eigenvalue weighted by Gasteiger charge is 2.33. The Balaban J connectivity index is 2.03. The molecule has 3 aromatic carbocycles. The predicted octanol–water partition coefficient (Wildman–Crippen LogP) is 4.79. The van der Waals surface area contributed by atoms with E-state index in [1.807, 2.05) is 45.0 Å². The maximum atomic E-state index is 14.0. The summed E-state index contributed by atoms with van der Waals surface area (Å²) in [5.74, 6) is -0.0746. The minimum absolute atomic E-state index is 0.0804. The van der Waals surface area contributed by atoms with Gasteiger partial charge in [-0.3, -0.25) is 13.9 Å². The van der Waals surface area contributed by atoms with Gasteiger partial charge in [-0.25, -0.2) is 8.42 Å². The van der Waals surface area contributed by atoms with Crippen LogP contribution >= 0.6 is 0 Å². The first kappa shape index (κ1) is 30.7. The average Bonchev–Trinajstić information content (AvgIpc) is 2.99.